The third-order valence-electron chi connectivity index (χ3n) is 2.78. The molecule has 0 spiro atoms. The molecule has 0 aliphatic rings. The summed E-state index contributed by atoms with van der Waals surface area (Å²) < 4.78 is 0. The van der Waals surface area contributed by atoms with E-state index in [0.717, 1.165) is 29.2 Å². The third kappa shape index (κ3) is 3.05. The second kappa shape index (κ2) is 6.00. The monoisotopic (exact) mass is 240 g/mol. The average molecular weight is 241 g/mol. The van der Waals surface area contributed by atoms with Gasteiger partial charge >= 0.3 is 0 Å². The predicted molar refractivity (Wildman–Crippen MR) is 73.8 cm³/mol. The molecule has 1 rings (SSSR count). The van der Waals surface area contributed by atoms with Crippen molar-refractivity contribution in [1.82, 2.24) is 0 Å². The minimum Gasteiger partial charge on any atom is -0.381 e. The van der Waals surface area contributed by atoms with E-state index in [2.05, 4.69) is 25.2 Å². The van der Waals surface area contributed by atoms with Crippen molar-refractivity contribution in [2.75, 3.05) is 24.3 Å². The number of halogens is 1. The highest BCUT2D eigenvalue weighted by Crippen LogP contribution is 2.33. The van der Waals surface area contributed by atoms with E-state index in [1.54, 1.807) is 0 Å². The van der Waals surface area contributed by atoms with Gasteiger partial charge in [-0.05, 0) is 25.0 Å². The lowest BCUT2D eigenvalue weighted by atomic mass is 10.1. The van der Waals surface area contributed by atoms with Crippen molar-refractivity contribution in [3.8, 4) is 0 Å². The van der Waals surface area contributed by atoms with Gasteiger partial charge < -0.3 is 10.2 Å². The van der Waals surface area contributed by atoms with Crippen LogP contribution in [0.1, 0.15) is 26.7 Å². The molecule has 0 fully saturated rings. The van der Waals surface area contributed by atoms with Crippen LogP contribution in [0.4, 0.5) is 11.4 Å². The fraction of sp³-hybridized carbons (Fsp3) is 0.538. The second-order valence-electron chi connectivity index (χ2n) is 4.19. The molecule has 0 aromatic heterocycles. The van der Waals surface area contributed by atoms with Crippen molar-refractivity contribution in [3.63, 3.8) is 0 Å². The normalized spacial score (nSPS) is 10.6. The van der Waals surface area contributed by atoms with E-state index in [1.807, 2.05) is 31.1 Å². The molecule has 90 valence electrons. The Labute approximate surface area is 104 Å². The summed E-state index contributed by atoms with van der Waals surface area (Å²) in [5, 5.41) is 4.34. The minimum absolute atomic E-state index is 0.511. The van der Waals surface area contributed by atoms with Gasteiger partial charge in [0.05, 0.1) is 16.4 Å². The number of nitrogens with one attached hydrogen (secondary N) is 1. The molecule has 0 aliphatic heterocycles. The van der Waals surface area contributed by atoms with Crippen molar-refractivity contribution in [3.05, 3.63) is 23.2 Å². The SMILES string of the molecule is CCC(CC)Nc1cccc(Cl)c1N(C)C. The van der Waals surface area contributed by atoms with Crippen LogP contribution in [0.2, 0.25) is 5.02 Å². The molecule has 0 atom stereocenters. The molecule has 1 aromatic rings. The number of para-hydroxylation sites is 1. The maximum atomic E-state index is 6.21. The highest BCUT2D eigenvalue weighted by Gasteiger charge is 2.11. The van der Waals surface area contributed by atoms with E-state index in [1.165, 1.54) is 0 Å². The molecular formula is C13H21ClN2. The molecule has 2 nitrogen and oxygen atoms in total. The largest absolute Gasteiger partial charge is 0.381 e. The summed E-state index contributed by atoms with van der Waals surface area (Å²) >= 11 is 6.21. The fourth-order valence-electron chi connectivity index (χ4n) is 1.80. The van der Waals surface area contributed by atoms with Gasteiger partial charge in [-0.1, -0.05) is 31.5 Å². The van der Waals surface area contributed by atoms with Gasteiger partial charge in [-0.2, -0.15) is 0 Å². The number of nitrogens with zero attached hydrogens (tertiary/aromatic N) is 1. The first-order valence-corrected chi connectivity index (χ1v) is 6.20. The summed E-state index contributed by atoms with van der Waals surface area (Å²) in [6.07, 6.45) is 2.24. The van der Waals surface area contributed by atoms with Gasteiger partial charge in [0.15, 0.2) is 0 Å². The zero-order valence-corrected chi connectivity index (χ0v) is 11.3. The Morgan fingerprint density at radius 2 is 1.88 bits per heavy atom. The van der Waals surface area contributed by atoms with Crippen LogP contribution in [0.5, 0.6) is 0 Å². The van der Waals surface area contributed by atoms with E-state index in [4.69, 9.17) is 11.6 Å². The summed E-state index contributed by atoms with van der Waals surface area (Å²) in [5.41, 5.74) is 2.18. The number of anilines is 2. The average Bonchev–Trinajstić information content (AvgIpc) is 2.25. The van der Waals surface area contributed by atoms with Crippen molar-refractivity contribution in [2.24, 2.45) is 0 Å². The maximum Gasteiger partial charge on any atom is 0.0786 e. The highest BCUT2D eigenvalue weighted by molar-refractivity contribution is 6.34. The smallest absolute Gasteiger partial charge is 0.0786 e. The molecule has 16 heavy (non-hydrogen) atoms. The molecule has 0 amide bonds. The number of hydrogen-bond acceptors (Lipinski definition) is 2. The van der Waals surface area contributed by atoms with Crippen LogP contribution in [0.15, 0.2) is 18.2 Å². The van der Waals surface area contributed by atoms with Crippen LogP contribution >= 0.6 is 11.6 Å². The Kier molecular flexibility index (Phi) is 4.94. The quantitative estimate of drug-likeness (QED) is 0.837. The van der Waals surface area contributed by atoms with Gasteiger partial charge in [0.2, 0.25) is 0 Å². The maximum absolute atomic E-state index is 6.21. The van der Waals surface area contributed by atoms with Crippen LogP contribution in [0, 0.1) is 0 Å². The molecule has 0 unspecified atom stereocenters. The van der Waals surface area contributed by atoms with Gasteiger partial charge in [0.1, 0.15) is 0 Å². The van der Waals surface area contributed by atoms with Crippen molar-refractivity contribution in [2.45, 2.75) is 32.7 Å². The molecule has 0 bridgehead atoms. The fourth-order valence-corrected chi connectivity index (χ4v) is 2.14. The molecule has 0 saturated heterocycles. The number of benzene rings is 1. The first-order valence-electron chi connectivity index (χ1n) is 5.82. The van der Waals surface area contributed by atoms with Gasteiger partial charge in [-0.15, -0.1) is 0 Å². The van der Waals surface area contributed by atoms with Crippen LogP contribution < -0.4 is 10.2 Å². The Bertz CT molecular complexity index is 333. The first-order chi connectivity index (χ1) is 7.60. The lowest BCUT2D eigenvalue weighted by Crippen LogP contribution is -2.20. The van der Waals surface area contributed by atoms with Gasteiger partial charge in [-0.25, -0.2) is 0 Å². The molecule has 0 aliphatic carbocycles. The van der Waals surface area contributed by atoms with Crippen molar-refractivity contribution < 1.29 is 0 Å². The predicted octanol–water partition coefficient (Wildman–Crippen LogP) is 4.01. The Hall–Kier alpha value is -0.890. The summed E-state index contributed by atoms with van der Waals surface area (Å²) in [5.74, 6) is 0. The van der Waals surface area contributed by atoms with Crippen LogP contribution in [0.25, 0.3) is 0 Å². The van der Waals surface area contributed by atoms with Crippen LogP contribution in [-0.4, -0.2) is 20.1 Å². The van der Waals surface area contributed by atoms with Gasteiger partial charge in [0.25, 0.3) is 0 Å². The zero-order valence-electron chi connectivity index (χ0n) is 10.5. The first kappa shape index (κ1) is 13.2. The van der Waals surface area contributed by atoms with Crippen molar-refractivity contribution >= 4 is 23.0 Å². The summed E-state index contributed by atoms with van der Waals surface area (Å²) in [7, 11) is 4.03. The molecule has 3 heteroatoms. The summed E-state index contributed by atoms with van der Waals surface area (Å²) in [6, 6.07) is 6.51. The van der Waals surface area contributed by atoms with Crippen LogP contribution in [0.3, 0.4) is 0 Å². The second-order valence-corrected chi connectivity index (χ2v) is 4.60. The van der Waals surface area contributed by atoms with E-state index in [0.29, 0.717) is 6.04 Å². The van der Waals surface area contributed by atoms with E-state index in [-0.39, 0.29) is 0 Å². The zero-order chi connectivity index (χ0) is 12.1. The molecule has 1 aromatic carbocycles. The van der Waals surface area contributed by atoms with Crippen molar-refractivity contribution in [1.29, 1.82) is 0 Å². The lowest BCUT2D eigenvalue weighted by molar-refractivity contribution is 0.671. The Morgan fingerprint density at radius 3 is 2.38 bits per heavy atom. The standard InChI is InChI=1S/C13H21ClN2/c1-5-10(6-2)15-12-9-7-8-11(14)13(12)16(3)4/h7-10,15H,5-6H2,1-4H3. The third-order valence-corrected chi connectivity index (χ3v) is 3.08. The van der Waals surface area contributed by atoms with E-state index >= 15 is 0 Å². The minimum atomic E-state index is 0.511. The van der Waals surface area contributed by atoms with E-state index in [9.17, 15) is 0 Å². The number of rotatable bonds is 5. The number of hydrogen-bond donors (Lipinski definition) is 1. The highest BCUT2D eigenvalue weighted by atomic mass is 35.5. The van der Waals surface area contributed by atoms with E-state index < -0.39 is 0 Å². The summed E-state index contributed by atoms with van der Waals surface area (Å²) in [6.45, 7) is 4.39. The summed E-state index contributed by atoms with van der Waals surface area (Å²) in [4.78, 5) is 2.05. The molecule has 0 radical (unpaired) electrons. The molecule has 0 saturated carbocycles. The molecule has 0 heterocycles. The Balaban J connectivity index is 2.99. The molecule has 1 N–H and O–H groups in total. The topological polar surface area (TPSA) is 15.3 Å². The van der Waals surface area contributed by atoms with Gasteiger partial charge in [-0.3, -0.25) is 0 Å². The Morgan fingerprint density at radius 1 is 1.25 bits per heavy atom. The van der Waals surface area contributed by atoms with Gasteiger partial charge in [0, 0.05) is 20.1 Å². The molecular weight excluding hydrogens is 220 g/mol. The lowest BCUT2D eigenvalue weighted by Gasteiger charge is -2.23. The van der Waals surface area contributed by atoms with Crippen LogP contribution in [-0.2, 0) is 0 Å².